The molecule has 0 aromatic carbocycles. The molecule has 1 saturated heterocycles. The smallest absolute Gasteiger partial charge is 0.288 e. The molecule has 0 aliphatic carbocycles. The SMILES string of the molecule is O=C(CCl)NNC(=O)c1ccc(C2CCOC2)cn1. The van der Waals surface area contributed by atoms with E-state index in [1.54, 1.807) is 12.3 Å². The lowest BCUT2D eigenvalue weighted by atomic mass is 10.0. The molecular weight excluding hydrogens is 270 g/mol. The van der Waals surface area contributed by atoms with Gasteiger partial charge in [-0.1, -0.05) is 6.07 Å². The normalized spacial score (nSPS) is 18.1. The Kier molecular flexibility index (Phi) is 4.70. The number of carbonyl (C=O) groups is 2. The number of hydrogen-bond acceptors (Lipinski definition) is 4. The van der Waals surface area contributed by atoms with Crippen molar-refractivity contribution in [3.05, 3.63) is 29.6 Å². The van der Waals surface area contributed by atoms with Crippen LogP contribution >= 0.6 is 11.6 Å². The number of ether oxygens (including phenoxy) is 1. The summed E-state index contributed by atoms with van der Waals surface area (Å²) < 4.78 is 5.30. The molecule has 2 amide bonds. The molecule has 0 bridgehead atoms. The molecular formula is C12H14ClN3O3. The van der Waals surface area contributed by atoms with Gasteiger partial charge in [0.05, 0.1) is 6.61 Å². The predicted octanol–water partition coefficient (Wildman–Crippen LogP) is 0.585. The summed E-state index contributed by atoms with van der Waals surface area (Å²) in [7, 11) is 0. The lowest BCUT2D eigenvalue weighted by molar-refractivity contribution is -0.119. The Morgan fingerprint density at radius 2 is 2.26 bits per heavy atom. The lowest BCUT2D eigenvalue weighted by Crippen LogP contribution is -2.42. The van der Waals surface area contributed by atoms with E-state index in [1.165, 1.54) is 0 Å². The summed E-state index contributed by atoms with van der Waals surface area (Å²) in [6, 6.07) is 3.47. The molecule has 102 valence electrons. The number of carbonyl (C=O) groups excluding carboxylic acids is 2. The number of hydrogen-bond donors (Lipinski definition) is 2. The van der Waals surface area contributed by atoms with Gasteiger partial charge in [0.1, 0.15) is 11.6 Å². The van der Waals surface area contributed by atoms with Crippen molar-refractivity contribution in [2.75, 3.05) is 19.1 Å². The van der Waals surface area contributed by atoms with Crippen molar-refractivity contribution in [3.63, 3.8) is 0 Å². The highest BCUT2D eigenvalue weighted by Crippen LogP contribution is 2.24. The van der Waals surface area contributed by atoms with Crippen LogP contribution in [0.4, 0.5) is 0 Å². The van der Waals surface area contributed by atoms with Crippen LogP contribution < -0.4 is 10.9 Å². The maximum absolute atomic E-state index is 11.6. The van der Waals surface area contributed by atoms with Crippen molar-refractivity contribution in [2.24, 2.45) is 0 Å². The van der Waals surface area contributed by atoms with Crippen LogP contribution in [0.2, 0.25) is 0 Å². The minimum atomic E-state index is -0.479. The summed E-state index contributed by atoms with van der Waals surface area (Å²) in [6.07, 6.45) is 2.64. The van der Waals surface area contributed by atoms with E-state index in [0.29, 0.717) is 12.5 Å². The third kappa shape index (κ3) is 3.65. The molecule has 1 aromatic heterocycles. The van der Waals surface area contributed by atoms with E-state index in [1.807, 2.05) is 6.07 Å². The number of amides is 2. The Labute approximate surface area is 115 Å². The number of nitrogens with zero attached hydrogens (tertiary/aromatic N) is 1. The standard InChI is InChI=1S/C12H14ClN3O3/c13-5-11(17)15-16-12(18)10-2-1-8(6-14-10)9-3-4-19-7-9/h1-2,6,9H,3-5,7H2,(H,15,17)(H,16,18). The molecule has 6 nitrogen and oxygen atoms in total. The fraction of sp³-hybridized carbons (Fsp3) is 0.417. The Morgan fingerprint density at radius 1 is 1.42 bits per heavy atom. The van der Waals surface area contributed by atoms with E-state index in [9.17, 15) is 9.59 Å². The number of alkyl halides is 1. The van der Waals surface area contributed by atoms with Crippen LogP contribution in [0, 0.1) is 0 Å². The van der Waals surface area contributed by atoms with Gasteiger partial charge in [0.2, 0.25) is 0 Å². The van der Waals surface area contributed by atoms with Gasteiger partial charge in [-0.25, -0.2) is 0 Å². The highest BCUT2D eigenvalue weighted by molar-refractivity contribution is 6.27. The third-order valence-electron chi connectivity index (χ3n) is 2.86. The molecule has 2 N–H and O–H groups in total. The van der Waals surface area contributed by atoms with Gasteiger partial charge in [0.15, 0.2) is 0 Å². The van der Waals surface area contributed by atoms with Crippen molar-refractivity contribution in [1.29, 1.82) is 0 Å². The summed E-state index contributed by atoms with van der Waals surface area (Å²) >= 11 is 5.28. The van der Waals surface area contributed by atoms with Crippen LogP contribution in [0.5, 0.6) is 0 Å². The van der Waals surface area contributed by atoms with E-state index < -0.39 is 11.8 Å². The molecule has 0 spiro atoms. The lowest BCUT2D eigenvalue weighted by Gasteiger charge is -2.08. The van der Waals surface area contributed by atoms with Gasteiger partial charge in [-0.3, -0.25) is 25.4 Å². The molecule has 0 saturated carbocycles. The summed E-state index contributed by atoms with van der Waals surface area (Å²) in [5.74, 6) is -0.822. The molecule has 1 unspecified atom stereocenters. The fourth-order valence-corrected chi connectivity index (χ4v) is 1.87. The van der Waals surface area contributed by atoms with Crippen molar-refractivity contribution >= 4 is 23.4 Å². The molecule has 1 aliphatic rings. The van der Waals surface area contributed by atoms with E-state index in [2.05, 4.69) is 15.8 Å². The topological polar surface area (TPSA) is 80.3 Å². The predicted molar refractivity (Wildman–Crippen MR) is 68.7 cm³/mol. The minimum Gasteiger partial charge on any atom is -0.381 e. The molecule has 2 rings (SSSR count). The fourth-order valence-electron chi connectivity index (χ4n) is 1.80. The molecule has 1 aliphatic heterocycles. The number of hydrazine groups is 1. The highest BCUT2D eigenvalue weighted by atomic mass is 35.5. The summed E-state index contributed by atoms with van der Waals surface area (Å²) in [5.41, 5.74) is 5.69. The average Bonchev–Trinajstić information content (AvgIpc) is 2.98. The van der Waals surface area contributed by atoms with Gasteiger partial charge < -0.3 is 4.74 Å². The van der Waals surface area contributed by atoms with Crippen molar-refractivity contribution in [1.82, 2.24) is 15.8 Å². The Morgan fingerprint density at radius 3 is 2.84 bits per heavy atom. The Balaban J connectivity index is 1.93. The summed E-state index contributed by atoms with van der Waals surface area (Å²) in [5, 5.41) is 0. The van der Waals surface area contributed by atoms with Crippen LogP contribution in [0.1, 0.15) is 28.4 Å². The van der Waals surface area contributed by atoms with E-state index >= 15 is 0 Å². The van der Waals surface area contributed by atoms with Crippen LogP contribution in [0.25, 0.3) is 0 Å². The maximum Gasteiger partial charge on any atom is 0.288 e. The van der Waals surface area contributed by atoms with Crippen molar-refractivity contribution < 1.29 is 14.3 Å². The first-order valence-electron chi connectivity index (χ1n) is 5.89. The molecule has 1 fully saturated rings. The van der Waals surface area contributed by atoms with Crippen LogP contribution in [-0.2, 0) is 9.53 Å². The number of halogens is 1. The first kappa shape index (κ1) is 13.8. The summed E-state index contributed by atoms with van der Waals surface area (Å²) in [6.45, 7) is 1.45. The van der Waals surface area contributed by atoms with Crippen molar-refractivity contribution in [3.8, 4) is 0 Å². The Hall–Kier alpha value is -1.66. The number of rotatable bonds is 3. The first-order valence-corrected chi connectivity index (χ1v) is 6.43. The zero-order valence-electron chi connectivity index (χ0n) is 10.2. The molecule has 0 radical (unpaired) electrons. The van der Waals surface area contributed by atoms with E-state index in [0.717, 1.165) is 18.6 Å². The molecule has 19 heavy (non-hydrogen) atoms. The zero-order valence-corrected chi connectivity index (χ0v) is 10.9. The first-order chi connectivity index (χ1) is 9.20. The number of nitrogens with one attached hydrogen (secondary N) is 2. The average molecular weight is 284 g/mol. The zero-order chi connectivity index (χ0) is 13.7. The van der Waals surface area contributed by atoms with Crippen molar-refractivity contribution in [2.45, 2.75) is 12.3 Å². The molecule has 1 atom stereocenters. The monoisotopic (exact) mass is 283 g/mol. The highest BCUT2D eigenvalue weighted by Gasteiger charge is 2.18. The second-order valence-corrected chi connectivity index (χ2v) is 4.44. The number of pyridine rings is 1. The largest absolute Gasteiger partial charge is 0.381 e. The van der Waals surface area contributed by atoms with Gasteiger partial charge in [-0.2, -0.15) is 0 Å². The maximum atomic E-state index is 11.6. The number of aromatic nitrogens is 1. The van der Waals surface area contributed by atoms with Gasteiger partial charge in [0, 0.05) is 18.7 Å². The van der Waals surface area contributed by atoms with Crippen LogP contribution in [-0.4, -0.2) is 35.9 Å². The molecule has 7 heteroatoms. The van der Waals surface area contributed by atoms with Crippen LogP contribution in [0.15, 0.2) is 18.3 Å². The van der Waals surface area contributed by atoms with Gasteiger partial charge >= 0.3 is 0 Å². The summed E-state index contributed by atoms with van der Waals surface area (Å²) in [4.78, 5) is 26.6. The van der Waals surface area contributed by atoms with Crippen LogP contribution in [0.3, 0.4) is 0 Å². The third-order valence-corrected chi connectivity index (χ3v) is 3.10. The van der Waals surface area contributed by atoms with E-state index in [4.69, 9.17) is 16.3 Å². The Bertz CT molecular complexity index is 458. The van der Waals surface area contributed by atoms with Gasteiger partial charge in [-0.15, -0.1) is 11.6 Å². The van der Waals surface area contributed by atoms with E-state index in [-0.39, 0.29) is 11.6 Å². The molecule has 1 aromatic rings. The van der Waals surface area contributed by atoms with Gasteiger partial charge in [-0.05, 0) is 18.1 Å². The molecule has 2 heterocycles. The minimum absolute atomic E-state index is 0.214. The van der Waals surface area contributed by atoms with Gasteiger partial charge in [0.25, 0.3) is 11.8 Å². The second-order valence-electron chi connectivity index (χ2n) is 4.17. The quantitative estimate of drug-likeness (QED) is 0.628. The second kappa shape index (κ2) is 6.49.